The van der Waals surface area contributed by atoms with E-state index in [2.05, 4.69) is 75.2 Å². The first-order valence-corrected chi connectivity index (χ1v) is 21.4. The number of benzene rings is 2. The number of rotatable bonds is 8. The lowest BCUT2D eigenvalue weighted by Gasteiger charge is -2.30. The average molecular weight is 833 g/mol. The van der Waals surface area contributed by atoms with Crippen molar-refractivity contribution in [2.75, 3.05) is 33.9 Å². The largest absolute Gasteiger partial charge is 0.453 e. The van der Waals surface area contributed by atoms with E-state index in [1.165, 1.54) is 14.2 Å². The minimum atomic E-state index is -0.695. The minimum Gasteiger partial charge on any atom is -0.453 e. The number of methoxy groups -OCH3 is 2. The fourth-order valence-electron chi connectivity index (χ4n) is 9.02. The number of H-pyrrole nitrogens is 2. The molecule has 2 bridgehead atoms. The Balaban J connectivity index is 0.993. The number of nitrogens with one attached hydrogen (secondary N) is 4. The number of aromatic nitrogens is 4. The van der Waals surface area contributed by atoms with E-state index in [0.29, 0.717) is 32.7 Å². The van der Waals surface area contributed by atoms with E-state index in [1.807, 2.05) is 29.7 Å². The maximum Gasteiger partial charge on any atom is 0.407 e. The molecule has 15 heteroatoms. The Bertz CT molecular complexity index is 2240. The molecule has 2 aromatic carbocycles. The molecule has 2 saturated heterocycles. The maximum absolute atomic E-state index is 14.2. The third-order valence-corrected chi connectivity index (χ3v) is 12.7. The summed E-state index contributed by atoms with van der Waals surface area (Å²) >= 11 is 0. The number of likely N-dealkylation sites (tertiary alicyclic amines) is 1. The summed E-state index contributed by atoms with van der Waals surface area (Å²) in [6.07, 6.45) is 11.2. The summed E-state index contributed by atoms with van der Waals surface area (Å²) in [5.74, 6) is 1.10. The smallest absolute Gasteiger partial charge is 0.407 e. The first kappa shape index (κ1) is 41.8. The van der Waals surface area contributed by atoms with Crippen LogP contribution in [-0.4, -0.2) is 99.7 Å². The van der Waals surface area contributed by atoms with Gasteiger partial charge < -0.3 is 44.6 Å². The normalized spacial score (nSPS) is 22.2. The Morgan fingerprint density at radius 1 is 0.869 bits per heavy atom. The van der Waals surface area contributed by atoms with Crippen LogP contribution in [-0.2, 0) is 30.4 Å². The van der Waals surface area contributed by atoms with Gasteiger partial charge in [0.15, 0.2) is 0 Å². The molecule has 4 aromatic rings. The zero-order chi connectivity index (χ0) is 42.7. The number of ether oxygens (including phenoxy) is 3. The van der Waals surface area contributed by atoms with Crippen molar-refractivity contribution < 1.29 is 33.4 Å². The van der Waals surface area contributed by atoms with Gasteiger partial charge in [0.1, 0.15) is 23.7 Å². The van der Waals surface area contributed by atoms with Crippen LogP contribution >= 0.6 is 0 Å². The zero-order valence-electron chi connectivity index (χ0n) is 35.4. The number of imidazole rings is 2. The van der Waals surface area contributed by atoms with E-state index < -0.39 is 24.3 Å². The SMILES string of the molecule is COC(=O)N[C@H]1CCC/C=C\COCc2[nH]c(nc2-c2ccc(-c3ccc(-c4cnc([C@@H]5CCCN5C(=O)[C@@H](NC(=O)OC)C(C)C)[nH]4)cc3)cc2)[C@@H]2CC3(CC3)CN2C1=O. The van der Waals surface area contributed by atoms with Gasteiger partial charge in [-0.1, -0.05) is 74.5 Å². The number of nitrogens with zero attached hydrogens (tertiary/aromatic N) is 4. The number of hydrogen-bond donors (Lipinski definition) is 4. The number of hydrogen-bond acceptors (Lipinski definition) is 9. The van der Waals surface area contributed by atoms with Crippen LogP contribution in [0.2, 0.25) is 0 Å². The Hall–Kier alpha value is -5.96. The zero-order valence-corrected chi connectivity index (χ0v) is 35.4. The van der Waals surface area contributed by atoms with Gasteiger partial charge in [0, 0.05) is 18.7 Å². The van der Waals surface area contributed by atoms with Gasteiger partial charge in [-0.3, -0.25) is 9.59 Å². The predicted octanol–water partition coefficient (Wildman–Crippen LogP) is 7.21. The van der Waals surface area contributed by atoms with E-state index in [1.54, 1.807) is 6.20 Å². The Morgan fingerprint density at radius 2 is 1.57 bits per heavy atom. The number of fused-ring (bicyclic) bond motifs is 4. The molecule has 0 radical (unpaired) electrons. The van der Waals surface area contributed by atoms with E-state index >= 15 is 0 Å². The van der Waals surface area contributed by atoms with Crippen molar-refractivity contribution >= 4 is 24.0 Å². The van der Waals surface area contributed by atoms with E-state index in [4.69, 9.17) is 24.2 Å². The molecule has 3 fully saturated rings. The molecule has 1 spiro atoms. The van der Waals surface area contributed by atoms with Gasteiger partial charge in [0.2, 0.25) is 11.8 Å². The lowest BCUT2D eigenvalue weighted by Crippen LogP contribution is -2.51. The van der Waals surface area contributed by atoms with Crippen LogP contribution in [0.15, 0.2) is 66.9 Å². The maximum atomic E-state index is 14.2. The monoisotopic (exact) mass is 832 g/mol. The first-order valence-electron chi connectivity index (χ1n) is 21.4. The molecular weight excluding hydrogens is 777 g/mol. The number of amides is 4. The predicted molar refractivity (Wildman–Crippen MR) is 228 cm³/mol. The van der Waals surface area contributed by atoms with Crippen molar-refractivity contribution in [1.29, 1.82) is 0 Å². The molecule has 3 aliphatic heterocycles. The Labute approximate surface area is 356 Å². The number of alkyl carbamates (subject to hydrolysis) is 2. The second-order valence-electron chi connectivity index (χ2n) is 17.1. The molecule has 4 atom stereocenters. The van der Waals surface area contributed by atoms with Gasteiger partial charge in [0.25, 0.3) is 0 Å². The molecule has 15 nitrogen and oxygen atoms in total. The molecule has 8 rings (SSSR count). The van der Waals surface area contributed by atoms with Crippen LogP contribution in [0, 0.1) is 11.3 Å². The number of allylic oxidation sites excluding steroid dienone is 1. The van der Waals surface area contributed by atoms with Crippen molar-refractivity contribution in [3.8, 4) is 33.6 Å². The highest BCUT2D eigenvalue weighted by molar-refractivity contribution is 5.87. The molecule has 4 N–H and O–H groups in total. The third kappa shape index (κ3) is 9.07. The summed E-state index contributed by atoms with van der Waals surface area (Å²) in [5.41, 5.74) is 6.58. The fourth-order valence-corrected chi connectivity index (χ4v) is 9.02. The fraction of sp³-hybridized carbons (Fsp3) is 0.478. The highest BCUT2D eigenvalue weighted by atomic mass is 16.5. The molecule has 4 amide bonds. The van der Waals surface area contributed by atoms with Crippen molar-refractivity contribution in [3.63, 3.8) is 0 Å². The summed E-state index contributed by atoms with van der Waals surface area (Å²) < 4.78 is 15.8. The lowest BCUT2D eigenvalue weighted by atomic mass is 10.0. The summed E-state index contributed by atoms with van der Waals surface area (Å²) in [6, 6.07) is 14.8. The van der Waals surface area contributed by atoms with Gasteiger partial charge in [0.05, 0.1) is 62.8 Å². The van der Waals surface area contributed by atoms with Crippen LogP contribution < -0.4 is 10.6 Å². The van der Waals surface area contributed by atoms with Crippen molar-refractivity contribution in [2.24, 2.45) is 11.3 Å². The van der Waals surface area contributed by atoms with Crippen LogP contribution in [0.1, 0.15) is 94.6 Å². The topological polar surface area (TPSA) is 184 Å². The van der Waals surface area contributed by atoms with Gasteiger partial charge in [-0.2, -0.15) is 0 Å². The highest BCUT2D eigenvalue weighted by Gasteiger charge is 2.55. The molecule has 0 unspecified atom stereocenters. The van der Waals surface area contributed by atoms with E-state index in [-0.39, 0.29) is 35.2 Å². The summed E-state index contributed by atoms with van der Waals surface area (Å²) in [6.45, 7) is 5.81. The number of aromatic amines is 2. The molecule has 5 heterocycles. The van der Waals surface area contributed by atoms with Crippen molar-refractivity contribution in [1.82, 2.24) is 40.4 Å². The second-order valence-corrected chi connectivity index (χ2v) is 17.1. The summed E-state index contributed by atoms with van der Waals surface area (Å²) in [4.78, 5) is 72.7. The summed E-state index contributed by atoms with van der Waals surface area (Å²) in [5, 5.41) is 5.51. The third-order valence-electron chi connectivity index (χ3n) is 12.7. The van der Waals surface area contributed by atoms with E-state index in [0.717, 1.165) is 95.9 Å². The van der Waals surface area contributed by atoms with Gasteiger partial charge in [-0.05, 0) is 79.4 Å². The lowest BCUT2D eigenvalue weighted by molar-refractivity contribution is -0.136. The molecule has 1 aliphatic carbocycles. The standard InChI is InChI=1S/C46H56N8O7/c1-28(2)38(52-45(58)60-4)43(56)53-22-9-11-36(53)40-47-25-34(48-40)31-16-12-29(13-17-31)30-14-18-32(19-15-30)39-35-26-61-23-8-6-5-7-10-33(50-44(57)59-3)42(55)54-27-46(20-21-46)24-37(54)41(49-35)51-39/h6,8,12-19,25,28,33,36-38H,5,7,9-11,20-24,26-27H2,1-4H3,(H,47,48)(H,49,51)(H,50,57)(H,52,58)/b8-6-/t33-,36-,37-,38-/m0/s1. The van der Waals surface area contributed by atoms with Gasteiger partial charge >= 0.3 is 12.2 Å². The number of carbonyl (C=O) groups is 4. The Kier molecular flexibility index (Phi) is 12.3. The highest BCUT2D eigenvalue weighted by Crippen LogP contribution is 2.58. The van der Waals surface area contributed by atoms with E-state index in [9.17, 15) is 19.2 Å². The van der Waals surface area contributed by atoms with Crippen LogP contribution in [0.25, 0.3) is 33.6 Å². The van der Waals surface area contributed by atoms with Crippen LogP contribution in [0.4, 0.5) is 9.59 Å². The molecule has 61 heavy (non-hydrogen) atoms. The molecule has 2 aromatic heterocycles. The molecule has 1 saturated carbocycles. The van der Waals surface area contributed by atoms with Gasteiger partial charge in [-0.25, -0.2) is 19.6 Å². The van der Waals surface area contributed by atoms with Crippen molar-refractivity contribution in [2.45, 2.75) is 96.0 Å². The second kappa shape index (κ2) is 17.9. The van der Waals surface area contributed by atoms with Crippen LogP contribution in [0.5, 0.6) is 0 Å². The van der Waals surface area contributed by atoms with Gasteiger partial charge in [-0.15, -0.1) is 0 Å². The molecule has 4 aliphatic rings. The molecular formula is C46H56N8O7. The Morgan fingerprint density at radius 3 is 2.26 bits per heavy atom. The quantitative estimate of drug-likeness (QED) is 0.133. The summed E-state index contributed by atoms with van der Waals surface area (Å²) in [7, 11) is 2.61. The minimum absolute atomic E-state index is 0.0886. The molecule has 322 valence electrons. The first-order chi connectivity index (χ1) is 29.6. The van der Waals surface area contributed by atoms with Crippen molar-refractivity contribution in [3.05, 3.63) is 84.2 Å². The van der Waals surface area contributed by atoms with Crippen LogP contribution in [0.3, 0.4) is 0 Å². The average Bonchev–Trinajstić information content (AvgIpc) is 3.76. The number of carbonyl (C=O) groups excluding carboxylic acids is 4.